The van der Waals surface area contributed by atoms with Gasteiger partial charge in [-0.25, -0.2) is 0 Å². The van der Waals surface area contributed by atoms with Gasteiger partial charge in [-0.2, -0.15) is 0 Å². The second kappa shape index (κ2) is 3.67. The van der Waals surface area contributed by atoms with Crippen molar-refractivity contribution >= 4 is 0 Å². The average Bonchev–Trinajstić information content (AvgIpc) is 1.67. The van der Waals surface area contributed by atoms with E-state index in [0.29, 0.717) is 5.92 Å². The maximum atomic E-state index is 5.57. The molecule has 1 unspecified atom stereocenters. The first-order valence-electron chi connectivity index (χ1n) is 3.07. The van der Waals surface area contributed by atoms with Gasteiger partial charge in [0.2, 0.25) is 0 Å². The smallest absolute Gasteiger partial charge is 0.00707 e. The first kappa shape index (κ1) is 7.70. The van der Waals surface area contributed by atoms with Crippen molar-refractivity contribution in [2.24, 2.45) is 11.7 Å². The number of nitrogens with two attached hydrogens (primary N) is 1. The van der Waals surface area contributed by atoms with Gasteiger partial charge in [-0.15, -0.1) is 0 Å². The van der Waals surface area contributed by atoms with E-state index in [9.17, 15) is 0 Å². The van der Waals surface area contributed by atoms with E-state index in [1.807, 2.05) is 19.9 Å². The molecule has 0 spiro atoms. The summed E-state index contributed by atoms with van der Waals surface area (Å²) in [5.74, 6) is 0.514. The molecule has 0 aliphatic heterocycles. The fourth-order valence-electron chi connectivity index (χ4n) is 0.479. The van der Waals surface area contributed by atoms with Crippen LogP contribution in [0.1, 0.15) is 20.8 Å². The largest absolute Gasteiger partial charge is 0.327 e. The van der Waals surface area contributed by atoms with E-state index in [-0.39, 0.29) is 6.04 Å². The molecule has 0 saturated carbocycles. The summed E-state index contributed by atoms with van der Waals surface area (Å²) in [7, 11) is 0. The van der Waals surface area contributed by atoms with Crippen molar-refractivity contribution in [3.05, 3.63) is 12.2 Å². The van der Waals surface area contributed by atoms with Crippen LogP contribution in [0.25, 0.3) is 0 Å². The highest BCUT2D eigenvalue weighted by molar-refractivity contribution is 4.86. The molecule has 0 heterocycles. The maximum Gasteiger partial charge on any atom is 0.00707 e. The van der Waals surface area contributed by atoms with Gasteiger partial charge >= 0.3 is 0 Å². The fourth-order valence-corrected chi connectivity index (χ4v) is 0.479. The minimum atomic E-state index is 0.284. The lowest BCUT2D eigenvalue weighted by atomic mass is 10.1. The molecule has 48 valence electrons. The molecular weight excluding hydrogens is 98.1 g/mol. The van der Waals surface area contributed by atoms with E-state index in [2.05, 4.69) is 13.0 Å². The summed E-state index contributed by atoms with van der Waals surface area (Å²) in [6, 6.07) is 0.284. The Balaban J connectivity index is 3.47. The summed E-state index contributed by atoms with van der Waals surface area (Å²) in [4.78, 5) is 0. The maximum absolute atomic E-state index is 5.57. The normalized spacial score (nSPS) is 19.0. The minimum absolute atomic E-state index is 0.284. The van der Waals surface area contributed by atoms with Gasteiger partial charge in [-0.05, 0) is 19.8 Å². The molecule has 0 radical (unpaired) electrons. The Hall–Kier alpha value is -0.300. The molecule has 0 aromatic rings. The molecule has 0 amide bonds. The van der Waals surface area contributed by atoms with E-state index in [4.69, 9.17) is 5.73 Å². The monoisotopic (exact) mass is 113 g/mol. The second-order valence-corrected chi connectivity index (χ2v) is 2.24. The summed E-state index contributed by atoms with van der Waals surface area (Å²) in [6.07, 6.45) is 4.15. The van der Waals surface area contributed by atoms with Crippen molar-refractivity contribution in [2.45, 2.75) is 26.8 Å². The molecule has 2 N–H and O–H groups in total. The lowest BCUT2D eigenvalue weighted by molar-refractivity contribution is 0.581. The average molecular weight is 113 g/mol. The zero-order valence-corrected chi connectivity index (χ0v) is 5.89. The molecule has 0 aromatic carbocycles. The van der Waals surface area contributed by atoms with Crippen molar-refractivity contribution in [2.75, 3.05) is 0 Å². The molecule has 0 bridgehead atoms. The van der Waals surface area contributed by atoms with E-state index in [1.165, 1.54) is 0 Å². The van der Waals surface area contributed by atoms with Gasteiger partial charge in [-0.1, -0.05) is 19.1 Å². The van der Waals surface area contributed by atoms with Gasteiger partial charge in [0, 0.05) is 6.04 Å². The van der Waals surface area contributed by atoms with Gasteiger partial charge in [-0.3, -0.25) is 0 Å². The molecule has 0 aliphatic carbocycles. The quantitative estimate of drug-likeness (QED) is 0.540. The van der Waals surface area contributed by atoms with Crippen LogP contribution in [0.2, 0.25) is 0 Å². The molecule has 0 saturated heterocycles. The molecule has 0 aromatic heterocycles. The predicted molar refractivity (Wildman–Crippen MR) is 37.6 cm³/mol. The number of allylic oxidation sites excluding steroid dienone is 1. The zero-order chi connectivity index (χ0) is 6.57. The first-order chi connectivity index (χ1) is 3.68. The topological polar surface area (TPSA) is 26.0 Å². The Bertz CT molecular complexity index is 74.5. The zero-order valence-electron chi connectivity index (χ0n) is 5.89. The highest BCUT2D eigenvalue weighted by Crippen LogP contribution is 1.99. The van der Waals surface area contributed by atoms with Crippen molar-refractivity contribution < 1.29 is 0 Å². The summed E-state index contributed by atoms with van der Waals surface area (Å²) < 4.78 is 0. The van der Waals surface area contributed by atoms with Gasteiger partial charge in [0.15, 0.2) is 0 Å². The first-order valence-corrected chi connectivity index (χ1v) is 3.07. The van der Waals surface area contributed by atoms with Crippen LogP contribution >= 0.6 is 0 Å². The predicted octanol–water partition coefficient (Wildman–Crippen LogP) is 1.55. The van der Waals surface area contributed by atoms with Gasteiger partial charge in [0.05, 0.1) is 0 Å². The summed E-state index contributed by atoms with van der Waals surface area (Å²) in [5.41, 5.74) is 5.57. The number of rotatable bonds is 2. The van der Waals surface area contributed by atoms with Crippen LogP contribution in [-0.2, 0) is 0 Å². The number of hydrogen-bond acceptors (Lipinski definition) is 1. The third-order valence-corrected chi connectivity index (χ3v) is 1.33. The van der Waals surface area contributed by atoms with Crippen molar-refractivity contribution in [3.8, 4) is 0 Å². The van der Waals surface area contributed by atoms with E-state index in [0.717, 1.165) is 0 Å². The van der Waals surface area contributed by atoms with Crippen molar-refractivity contribution in [1.29, 1.82) is 0 Å². The summed E-state index contributed by atoms with van der Waals surface area (Å²) >= 11 is 0. The third kappa shape index (κ3) is 2.80. The highest BCUT2D eigenvalue weighted by Gasteiger charge is 1.99. The molecule has 0 rings (SSSR count). The second-order valence-electron chi connectivity index (χ2n) is 2.24. The lowest BCUT2D eigenvalue weighted by Gasteiger charge is -2.08. The van der Waals surface area contributed by atoms with Crippen LogP contribution in [0.15, 0.2) is 12.2 Å². The molecule has 2 atom stereocenters. The Labute approximate surface area is 51.6 Å². The van der Waals surface area contributed by atoms with E-state index < -0.39 is 0 Å². The van der Waals surface area contributed by atoms with Crippen LogP contribution in [-0.4, -0.2) is 6.04 Å². The van der Waals surface area contributed by atoms with Crippen molar-refractivity contribution in [3.63, 3.8) is 0 Å². The molecule has 1 nitrogen and oxygen atoms in total. The Morgan fingerprint density at radius 1 is 1.38 bits per heavy atom. The van der Waals surface area contributed by atoms with E-state index >= 15 is 0 Å². The van der Waals surface area contributed by atoms with Crippen molar-refractivity contribution in [1.82, 2.24) is 0 Å². The van der Waals surface area contributed by atoms with Crippen LogP contribution in [0.5, 0.6) is 0 Å². The summed E-state index contributed by atoms with van der Waals surface area (Å²) in [6.45, 7) is 6.15. The Morgan fingerprint density at radius 2 is 1.88 bits per heavy atom. The van der Waals surface area contributed by atoms with Gasteiger partial charge < -0.3 is 5.73 Å². The molecule has 8 heavy (non-hydrogen) atoms. The van der Waals surface area contributed by atoms with Crippen LogP contribution in [0.3, 0.4) is 0 Å². The molecule has 0 aliphatic rings. The lowest BCUT2D eigenvalue weighted by Crippen LogP contribution is -2.22. The van der Waals surface area contributed by atoms with Gasteiger partial charge in [0.25, 0.3) is 0 Å². The van der Waals surface area contributed by atoms with Crippen LogP contribution < -0.4 is 5.73 Å². The SMILES string of the molecule is C/C=C\C(C)[C@@H](C)N. The van der Waals surface area contributed by atoms with Crippen LogP contribution in [0.4, 0.5) is 0 Å². The number of hydrogen-bond donors (Lipinski definition) is 1. The molecule has 1 heteroatoms. The fraction of sp³-hybridized carbons (Fsp3) is 0.714. The molecular formula is C7H15N. The minimum Gasteiger partial charge on any atom is -0.327 e. The standard InChI is InChI=1S/C7H15N/c1-4-5-6(2)7(3)8/h4-7H,8H2,1-3H3/b5-4-/t6?,7-/m1/s1. The van der Waals surface area contributed by atoms with Gasteiger partial charge in [0.1, 0.15) is 0 Å². The third-order valence-electron chi connectivity index (χ3n) is 1.33. The summed E-state index contributed by atoms with van der Waals surface area (Å²) in [5, 5.41) is 0. The van der Waals surface area contributed by atoms with E-state index in [1.54, 1.807) is 0 Å². The van der Waals surface area contributed by atoms with Crippen LogP contribution in [0, 0.1) is 5.92 Å². The molecule has 0 fully saturated rings. The Morgan fingerprint density at radius 3 is 2.00 bits per heavy atom. The highest BCUT2D eigenvalue weighted by atomic mass is 14.6. The Kier molecular flexibility index (Phi) is 3.53.